The molecule has 0 atom stereocenters. The Morgan fingerprint density at radius 2 is 2.00 bits per heavy atom. The third kappa shape index (κ3) is 4.54. The number of hydrogen-bond donors (Lipinski definition) is 1. The molecule has 0 radical (unpaired) electrons. The van der Waals surface area contributed by atoms with E-state index in [0.717, 1.165) is 49.3 Å². The Hall–Kier alpha value is -1.95. The molecule has 28 heavy (non-hydrogen) atoms. The molecule has 2 aromatic carbocycles. The van der Waals surface area contributed by atoms with Gasteiger partial charge in [-0.1, -0.05) is 29.3 Å². The number of hydrogen-bond acceptors (Lipinski definition) is 5. The van der Waals surface area contributed by atoms with Gasteiger partial charge in [-0.3, -0.25) is 4.90 Å². The van der Waals surface area contributed by atoms with Crippen molar-refractivity contribution in [2.45, 2.75) is 32.4 Å². The van der Waals surface area contributed by atoms with E-state index < -0.39 is 0 Å². The topological polar surface area (TPSA) is 50.5 Å². The van der Waals surface area contributed by atoms with E-state index in [1.807, 2.05) is 37.3 Å². The number of fused-ring (bicyclic) bond motifs is 1. The van der Waals surface area contributed by atoms with Crippen molar-refractivity contribution in [2.75, 3.05) is 25.0 Å². The van der Waals surface area contributed by atoms with Crippen molar-refractivity contribution in [2.24, 2.45) is 0 Å². The van der Waals surface area contributed by atoms with Crippen LogP contribution in [0.4, 0.5) is 6.01 Å². The molecule has 0 spiro atoms. The van der Waals surface area contributed by atoms with E-state index in [4.69, 9.17) is 32.4 Å². The molecule has 1 aliphatic heterocycles. The number of benzene rings is 2. The molecule has 1 fully saturated rings. The lowest BCUT2D eigenvalue weighted by Crippen LogP contribution is -2.38. The largest absolute Gasteiger partial charge is 0.492 e. The summed E-state index contributed by atoms with van der Waals surface area (Å²) in [6, 6.07) is 12.4. The summed E-state index contributed by atoms with van der Waals surface area (Å²) in [4.78, 5) is 6.93. The van der Waals surface area contributed by atoms with Crippen LogP contribution in [0, 0.1) is 0 Å². The van der Waals surface area contributed by atoms with Gasteiger partial charge >= 0.3 is 0 Å². The zero-order chi connectivity index (χ0) is 19.5. The molecule has 0 unspecified atom stereocenters. The number of anilines is 1. The van der Waals surface area contributed by atoms with Crippen LogP contribution >= 0.6 is 23.2 Å². The maximum absolute atomic E-state index is 6.18. The van der Waals surface area contributed by atoms with Gasteiger partial charge < -0.3 is 14.5 Å². The van der Waals surface area contributed by atoms with Crippen molar-refractivity contribution in [3.8, 4) is 5.75 Å². The highest BCUT2D eigenvalue weighted by molar-refractivity contribution is 6.32. The molecule has 0 aliphatic carbocycles. The lowest BCUT2D eigenvalue weighted by molar-refractivity contribution is 0.210. The minimum Gasteiger partial charge on any atom is -0.492 e. The predicted molar refractivity (Wildman–Crippen MR) is 114 cm³/mol. The monoisotopic (exact) mass is 419 g/mol. The number of nitrogens with zero attached hydrogens (tertiary/aromatic N) is 2. The Balaban J connectivity index is 1.32. The number of piperidine rings is 1. The summed E-state index contributed by atoms with van der Waals surface area (Å²) < 4.78 is 11.4. The zero-order valence-corrected chi connectivity index (χ0v) is 17.3. The van der Waals surface area contributed by atoms with Crippen LogP contribution in [-0.4, -0.2) is 35.6 Å². The average molecular weight is 420 g/mol. The van der Waals surface area contributed by atoms with Crippen molar-refractivity contribution in [1.29, 1.82) is 0 Å². The van der Waals surface area contributed by atoms with E-state index in [-0.39, 0.29) is 0 Å². The van der Waals surface area contributed by atoms with Gasteiger partial charge in [0.2, 0.25) is 0 Å². The third-order valence-electron chi connectivity index (χ3n) is 4.97. The van der Waals surface area contributed by atoms with Gasteiger partial charge in [-0.05, 0) is 55.7 Å². The minimum absolute atomic E-state index is 0.351. The van der Waals surface area contributed by atoms with Crippen LogP contribution in [0.2, 0.25) is 10.0 Å². The van der Waals surface area contributed by atoms with Crippen LogP contribution in [-0.2, 0) is 6.54 Å². The molecule has 3 aromatic rings. The predicted octanol–water partition coefficient (Wildman–Crippen LogP) is 5.61. The molecular formula is C21H23Cl2N3O2. The van der Waals surface area contributed by atoms with E-state index in [9.17, 15) is 0 Å². The first-order valence-electron chi connectivity index (χ1n) is 9.57. The van der Waals surface area contributed by atoms with Gasteiger partial charge in [0.25, 0.3) is 6.01 Å². The summed E-state index contributed by atoms with van der Waals surface area (Å²) in [5, 5.41) is 4.75. The van der Waals surface area contributed by atoms with Crippen LogP contribution in [0.5, 0.6) is 5.75 Å². The van der Waals surface area contributed by atoms with E-state index in [1.54, 1.807) is 0 Å². The highest BCUT2D eigenvalue weighted by Crippen LogP contribution is 2.27. The van der Waals surface area contributed by atoms with Crippen molar-refractivity contribution in [3.05, 3.63) is 52.0 Å². The summed E-state index contributed by atoms with van der Waals surface area (Å²) in [5.74, 6) is 0.759. The quantitative estimate of drug-likeness (QED) is 0.562. The van der Waals surface area contributed by atoms with E-state index in [2.05, 4.69) is 21.3 Å². The second kappa shape index (κ2) is 8.60. The summed E-state index contributed by atoms with van der Waals surface area (Å²) in [7, 11) is 0. The fourth-order valence-electron chi connectivity index (χ4n) is 3.54. The zero-order valence-electron chi connectivity index (χ0n) is 15.8. The number of oxazole rings is 1. The molecule has 7 heteroatoms. The number of likely N-dealkylation sites (tertiary alicyclic amines) is 1. The molecule has 0 saturated carbocycles. The number of aromatic nitrogens is 1. The fourth-order valence-corrected chi connectivity index (χ4v) is 3.88. The maximum Gasteiger partial charge on any atom is 0.295 e. The third-order valence-corrected chi connectivity index (χ3v) is 5.51. The van der Waals surface area contributed by atoms with Crippen LogP contribution in [0.1, 0.15) is 25.3 Å². The highest BCUT2D eigenvalue weighted by atomic mass is 35.5. The summed E-state index contributed by atoms with van der Waals surface area (Å²) in [6.07, 6.45) is 2.07. The van der Waals surface area contributed by atoms with Crippen LogP contribution in [0.15, 0.2) is 40.8 Å². The van der Waals surface area contributed by atoms with Crippen molar-refractivity contribution in [1.82, 2.24) is 9.88 Å². The van der Waals surface area contributed by atoms with Gasteiger partial charge in [0.1, 0.15) is 11.3 Å². The van der Waals surface area contributed by atoms with Gasteiger partial charge in [-0.2, -0.15) is 4.98 Å². The van der Waals surface area contributed by atoms with Gasteiger partial charge in [-0.25, -0.2) is 0 Å². The van der Waals surface area contributed by atoms with Gasteiger partial charge in [0.15, 0.2) is 5.58 Å². The fraction of sp³-hybridized carbons (Fsp3) is 0.381. The number of rotatable bonds is 6. The molecular weight excluding hydrogens is 397 g/mol. The highest BCUT2D eigenvalue weighted by Gasteiger charge is 2.21. The molecule has 1 aromatic heterocycles. The van der Waals surface area contributed by atoms with Crippen molar-refractivity contribution < 1.29 is 9.15 Å². The lowest BCUT2D eigenvalue weighted by atomic mass is 10.0. The van der Waals surface area contributed by atoms with E-state index >= 15 is 0 Å². The summed E-state index contributed by atoms with van der Waals surface area (Å²) in [5.41, 5.74) is 2.74. The Kier molecular flexibility index (Phi) is 5.95. The first kappa shape index (κ1) is 19.4. The molecule has 1 saturated heterocycles. The van der Waals surface area contributed by atoms with E-state index in [1.165, 1.54) is 5.56 Å². The second-order valence-corrected chi connectivity index (χ2v) is 7.87. The lowest BCUT2D eigenvalue weighted by Gasteiger charge is -2.32. The van der Waals surface area contributed by atoms with Gasteiger partial charge in [0.05, 0.1) is 11.6 Å². The molecule has 0 bridgehead atoms. The average Bonchev–Trinajstić information content (AvgIpc) is 3.07. The molecule has 4 rings (SSSR count). The normalized spacial score (nSPS) is 15.8. The van der Waals surface area contributed by atoms with Gasteiger partial charge in [0, 0.05) is 30.7 Å². The van der Waals surface area contributed by atoms with Crippen LogP contribution < -0.4 is 10.1 Å². The Morgan fingerprint density at radius 3 is 2.79 bits per heavy atom. The minimum atomic E-state index is 0.351. The SMILES string of the molecule is CCOc1cc(CN2CCC(Nc3nc4cc(Cl)ccc4o3)CC2)ccc1Cl. The molecule has 1 N–H and O–H groups in total. The maximum atomic E-state index is 6.18. The first-order chi connectivity index (χ1) is 13.6. The smallest absolute Gasteiger partial charge is 0.295 e. The number of halogens is 2. The first-order valence-corrected chi connectivity index (χ1v) is 10.3. The second-order valence-electron chi connectivity index (χ2n) is 7.02. The molecule has 148 valence electrons. The van der Waals surface area contributed by atoms with Crippen LogP contribution in [0.25, 0.3) is 11.1 Å². The summed E-state index contributed by atoms with van der Waals surface area (Å²) in [6.45, 7) is 5.49. The summed E-state index contributed by atoms with van der Waals surface area (Å²) >= 11 is 12.2. The molecule has 0 amide bonds. The van der Waals surface area contributed by atoms with Crippen molar-refractivity contribution >= 4 is 40.3 Å². The Morgan fingerprint density at radius 1 is 1.18 bits per heavy atom. The number of ether oxygens (including phenoxy) is 1. The molecule has 5 nitrogen and oxygen atoms in total. The molecule has 1 aliphatic rings. The Labute approximate surface area is 174 Å². The molecule has 2 heterocycles. The van der Waals surface area contributed by atoms with Crippen LogP contribution in [0.3, 0.4) is 0 Å². The Bertz CT molecular complexity index is 952. The van der Waals surface area contributed by atoms with E-state index in [0.29, 0.717) is 28.7 Å². The van der Waals surface area contributed by atoms with Gasteiger partial charge in [-0.15, -0.1) is 0 Å². The number of nitrogens with one attached hydrogen (secondary N) is 1. The standard InChI is InChI=1S/C21H23Cl2N3O2/c1-2-27-20-11-14(3-5-17(20)23)13-26-9-7-16(8-10-26)24-21-25-18-12-15(22)4-6-19(18)28-21/h3-6,11-12,16H,2,7-10,13H2,1H3,(H,24,25). The van der Waals surface area contributed by atoms with Crippen molar-refractivity contribution in [3.63, 3.8) is 0 Å².